The molecule has 0 aliphatic rings. The number of nitrogens with zero attached hydrogens (tertiary/aromatic N) is 3. The van der Waals surface area contributed by atoms with E-state index in [2.05, 4.69) is 20.5 Å². The molecule has 0 bridgehead atoms. The predicted octanol–water partition coefficient (Wildman–Crippen LogP) is 3.53. The molecule has 0 radical (unpaired) electrons. The van der Waals surface area contributed by atoms with E-state index in [1.54, 1.807) is 37.3 Å². The monoisotopic (exact) mass is 479 g/mol. The number of anilines is 1. The lowest BCUT2D eigenvalue weighted by Gasteiger charge is -2.19. The Morgan fingerprint density at radius 1 is 1.26 bits per heavy atom. The minimum absolute atomic E-state index is 0.114. The highest BCUT2D eigenvalue weighted by atomic mass is 32.2. The second kappa shape index (κ2) is 10.4. The van der Waals surface area contributed by atoms with Crippen LogP contribution in [-0.2, 0) is 21.2 Å². The van der Waals surface area contributed by atoms with Crippen LogP contribution in [0.4, 0.5) is 5.69 Å². The van der Waals surface area contributed by atoms with Crippen LogP contribution in [0.5, 0.6) is 0 Å². The molecule has 1 amide bonds. The number of hydrogen-bond acceptors (Lipinski definition) is 7. The van der Waals surface area contributed by atoms with Gasteiger partial charge in [-0.2, -0.15) is 4.31 Å². The first-order valence-corrected chi connectivity index (χ1v) is 13.1. The van der Waals surface area contributed by atoms with Gasteiger partial charge in [0.05, 0.1) is 10.6 Å². The Kier molecular flexibility index (Phi) is 7.87. The van der Waals surface area contributed by atoms with Crippen molar-refractivity contribution in [2.24, 2.45) is 0 Å². The summed E-state index contributed by atoms with van der Waals surface area (Å²) in [6, 6.07) is 8.80. The fraction of sp³-hybridized carbons (Fsp3) is 0.350. The third-order valence-corrected chi connectivity index (χ3v) is 8.36. The Bertz CT molecular complexity index is 1120. The van der Waals surface area contributed by atoms with E-state index in [1.165, 1.54) is 27.0 Å². The minimum Gasteiger partial charge on any atom is -0.325 e. The SMILES string of the molecule is CCN(CC)S(=O)(=O)c1ccc(C)c(NC(=O)CSc2n[nH]c(Cc3cccs3)n2)c1. The van der Waals surface area contributed by atoms with Gasteiger partial charge in [-0.05, 0) is 36.1 Å². The number of amides is 1. The second-order valence-electron chi connectivity index (χ2n) is 6.72. The third kappa shape index (κ3) is 5.94. The molecule has 8 nitrogen and oxygen atoms in total. The van der Waals surface area contributed by atoms with Gasteiger partial charge in [-0.1, -0.05) is 37.7 Å². The Balaban J connectivity index is 1.62. The van der Waals surface area contributed by atoms with Gasteiger partial charge in [-0.3, -0.25) is 9.89 Å². The highest BCUT2D eigenvalue weighted by Gasteiger charge is 2.22. The Labute approximate surface area is 190 Å². The van der Waals surface area contributed by atoms with Gasteiger partial charge in [0.2, 0.25) is 21.1 Å². The van der Waals surface area contributed by atoms with Crippen LogP contribution in [0.15, 0.2) is 45.8 Å². The molecule has 2 heterocycles. The summed E-state index contributed by atoms with van der Waals surface area (Å²) in [5, 5.41) is 12.3. The molecular weight excluding hydrogens is 454 g/mol. The number of rotatable bonds is 10. The zero-order valence-corrected chi connectivity index (χ0v) is 20.0. The number of sulfonamides is 1. The maximum atomic E-state index is 12.8. The Hall–Kier alpha value is -2.21. The number of hydrogen-bond donors (Lipinski definition) is 2. The van der Waals surface area contributed by atoms with Crippen molar-refractivity contribution >= 4 is 44.7 Å². The normalized spacial score (nSPS) is 11.7. The van der Waals surface area contributed by atoms with E-state index in [1.807, 2.05) is 24.4 Å². The van der Waals surface area contributed by atoms with Crippen molar-refractivity contribution < 1.29 is 13.2 Å². The smallest absolute Gasteiger partial charge is 0.243 e. The van der Waals surface area contributed by atoms with E-state index in [-0.39, 0.29) is 16.6 Å². The standard InChI is InChI=1S/C20H25N5O3S3/c1-4-25(5-2)31(27,28)16-9-8-14(3)17(12-16)21-19(26)13-30-20-22-18(23-24-20)11-15-7-6-10-29-15/h6-10,12H,4-5,11,13H2,1-3H3,(H,21,26)(H,22,23,24). The van der Waals surface area contributed by atoms with Crippen LogP contribution < -0.4 is 5.32 Å². The molecule has 166 valence electrons. The lowest BCUT2D eigenvalue weighted by molar-refractivity contribution is -0.113. The number of carbonyl (C=O) groups excluding carboxylic acids is 1. The summed E-state index contributed by atoms with van der Waals surface area (Å²) < 4.78 is 26.9. The van der Waals surface area contributed by atoms with E-state index in [0.717, 1.165) is 11.4 Å². The number of carbonyl (C=O) groups is 1. The average Bonchev–Trinajstić information content (AvgIpc) is 3.41. The van der Waals surface area contributed by atoms with Crippen LogP contribution in [0, 0.1) is 6.92 Å². The van der Waals surface area contributed by atoms with Crippen LogP contribution in [0.25, 0.3) is 0 Å². The van der Waals surface area contributed by atoms with E-state index in [4.69, 9.17) is 0 Å². The summed E-state index contributed by atoms with van der Waals surface area (Å²) in [6.07, 6.45) is 0.671. The molecule has 3 aromatic rings. The Morgan fingerprint density at radius 3 is 2.71 bits per heavy atom. The topological polar surface area (TPSA) is 108 Å². The van der Waals surface area contributed by atoms with Crippen molar-refractivity contribution in [3.8, 4) is 0 Å². The van der Waals surface area contributed by atoms with Gasteiger partial charge in [-0.25, -0.2) is 13.4 Å². The van der Waals surface area contributed by atoms with Gasteiger partial charge in [0, 0.05) is 30.1 Å². The second-order valence-corrected chi connectivity index (χ2v) is 10.6. The molecule has 0 saturated carbocycles. The van der Waals surface area contributed by atoms with Gasteiger partial charge >= 0.3 is 0 Å². The average molecular weight is 480 g/mol. The molecule has 2 N–H and O–H groups in total. The number of aromatic amines is 1. The highest BCUT2D eigenvalue weighted by molar-refractivity contribution is 7.99. The van der Waals surface area contributed by atoms with Crippen molar-refractivity contribution in [1.82, 2.24) is 19.5 Å². The van der Waals surface area contributed by atoms with Gasteiger partial charge in [0.25, 0.3) is 0 Å². The fourth-order valence-corrected chi connectivity index (χ4v) is 5.74. The maximum absolute atomic E-state index is 12.8. The van der Waals surface area contributed by atoms with E-state index >= 15 is 0 Å². The van der Waals surface area contributed by atoms with Crippen LogP contribution >= 0.6 is 23.1 Å². The summed E-state index contributed by atoms with van der Waals surface area (Å²) in [5.41, 5.74) is 1.26. The molecule has 3 rings (SSSR count). The summed E-state index contributed by atoms with van der Waals surface area (Å²) >= 11 is 2.87. The third-order valence-electron chi connectivity index (χ3n) is 4.59. The zero-order chi connectivity index (χ0) is 22.4. The molecule has 0 aliphatic heterocycles. The molecule has 0 unspecified atom stereocenters. The van der Waals surface area contributed by atoms with Crippen molar-refractivity contribution in [2.45, 2.75) is 37.2 Å². The van der Waals surface area contributed by atoms with Gasteiger partial charge in [0.1, 0.15) is 5.82 Å². The first kappa shape index (κ1) is 23.5. The molecule has 0 atom stereocenters. The number of nitrogens with one attached hydrogen (secondary N) is 2. The molecule has 0 spiro atoms. The van der Waals surface area contributed by atoms with Crippen LogP contribution in [-0.4, -0.2) is 52.7 Å². The van der Waals surface area contributed by atoms with E-state index in [0.29, 0.717) is 30.4 Å². The molecule has 1 aromatic carbocycles. The quantitative estimate of drug-likeness (QED) is 0.431. The summed E-state index contributed by atoms with van der Waals surface area (Å²) in [6.45, 7) is 6.18. The number of H-pyrrole nitrogens is 1. The zero-order valence-electron chi connectivity index (χ0n) is 17.6. The lowest BCUT2D eigenvalue weighted by atomic mass is 10.2. The molecular formula is C20H25N5O3S3. The minimum atomic E-state index is -3.60. The molecule has 31 heavy (non-hydrogen) atoms. The van der Waals surface area contributed by atoms with Gasteiger partial charge in [-0.15, -0.1) is 16.4 Å². The molecule has 2 aromatic heterocycles. The lowest BCUT2D eigenvalue weighted by Crippen LogP contribution is -2.30. The van der Waals surface area contributed by atoms with E-state index < -0.39 is 10.0 Å². The molecule has 0 saturated heterocycles. The number of thioether (sulfide) groups is 1. The van der Waals surface area contributed by atoms with Crippen molar-refractivity contribution in [2.75, 3.05) is 24.2 Å². The summed E-state index contributed by atoms with van der Waals surface area (Å²) in [4.78, 5) is 18.2. The van der Waals surface area contributed by atoms with Crippen molar-refractivity contribution in [3.05, 3.63) is 52.0 Å². The van der Waals surface area contributed by atoms with E-state index in [9.17, 15) is 13.2 Å². The van der Waals surface area contributed by atoms with Crippen molar-refractivity contribution in [1.29, 1.82) is 0 Å². The highest BCUT2D eigenvalue weighted by Crippen LogP contribution is 2.24. The molecule has 0 fully saturated rings. The number of aryl methyl sites for hydroxylation is 1. The Morgan fingerprint density at radius 2 is 2.03 bits per heavy atom. The largest absolute Gasteiger partial charge is 0.325 e. The summed E-state index contributed by atoms with van der Waals surface area (Å²) in [5.74, 6) is 0.605. The van der Waals surface area contributed by atoms with Crippen LogP contribution in [0.2, 0.25) is 0 Å². The number of aromatic nitrogens is 3. The predicted molar refractivity (Wildman–Crippen MR) is 124 cm³/mol. The van der Waals surface area contributed by atoms with Crippen LogP contribution in [0.3, 0.4) is 0 Å². The first-order chi connectivity index (χ1) is 14.8. The van der Waals surface area contributed by atoms with Crippen molar-refractivity contribution in [3.63, 3.8) is 0 Å². The fourth-order valence-electron chi connectivity index (χ4n) is 2.92. The van der Waals surface area contributed by atoms with Crippen LogP contribution in [0.1, 0.15) is 30.1 Å². The van der Waals surface area contributed by atoms with Gasteiger partial charge < -0.3 is 5.32 Å². The molecule has 0 aliphatic carbocycles. The number of benzene rings is 1. The maximum Gasteiger partial charge on any atom is 0.243 e. The number of thiophene rings is 1. The van der Waals surface area contributed by atoms with Gasteiger partial charge in [0.15, 0.2) is 0 Å². The summed E-state index contributed by atoms with van der Waals surface area (Å²) in [7, 11) is -3.60. The molecule has 11 heteroatoms. The first-order valence-electron chi connectivity index (χ1n) is 9.80.